The SMILES string of the molecule is O=CNc1ccccc1C(=O)CC(=O)[O-]. The Bertz CT molecular complexity index is 400. The minimum Gasteiger partial charge on any atom is -0.550 e. The van der Waals surface area contributed by atoms with Crippen molar-refractivity contribution in [1.29, 1.82) is 0 Å². The second-order valence-electron chi connectivity index (χ2n) is 2.78. The van der Waals surface area contributed by atoms with E-state index in [1.54, 1.807) is 12.1 Å². The van der Waals surface area contributed by atoms with Crippen molar-refractivity contribution in [2.45, 2.75) is 6.42 Å². The van der Waals surface area contributed by atoms with Gasteiger partial charge in [-0.1, -0.05) is 12.1 Å². The van der Waals surface area contributed by atoms with Gasteiger partial charge in [0.15, 0.2) is 5.78 Å². The van der Waals surface area contributed by atoms with Crippen LogP contribution in [0.25, 0.3) is 0 Å². The van der Waals surface area contributed by atoms with Crippen LogP contribution in [0.15, 0.2) is 24.3 Å². The van der Waals surface area contributed by atoms with E-state index >= 15 is 0 Å². The number of Topliss-reactive ketones (excluding diaryl/α,β-unsaturated/α-hetero) is 1. The first kappa shape index (κ1) is 10.9. The zero-order valence-corrected chi connectivity index (χ0v) is 7.73. The van der Waals surface area contributed by atoms with Gasteiger partial charge in [0, 0.05) is 11.5 Å². The summed E-state index contributed by atoms with van der Waals surface area (Å²) >= 11 is 0. The largest absolute Gasteiger partial charge is 0.550 e. The minimum absolute atomic E-state index is 0.161. The van der Waals surface area contributed by atoms with Crippen LogP contribution in [0.3, 0.4) is 0 Å². The smallest absolute Gasteiger partial charge is 0.211 e. The summed E-state index contributed by atoms with van der Waals surface area (Å²) in [6, 6.07) is 6.16. The Morgan fingerprint density at radius 2 is 2.00 bits per heavy atom. The molecule has 0 heterocycles. The number of carboxylic acids is 1. The van der Waals surface area contributed by atoms with E-state index in [0.29, 0.717) is 12.1 Å². The maximum atomic E-state index is 11.4. The zero-order chi connectivity index (χ0) is 11.3. The highest BCUT2D eigenvalue weighted by atomic mass is 16.4. The number of rotatable bonds is 5. The lowest BCUT2D eigenvalue weighted by atomic mass is 10.1. The van der Waals surface area contributed by atoms with Gasteiger partial charge < -0.3 is 15.2 Å². The molecule has 15 heavy (non-hydrogen) atoms. The van der Waals surface area contributed by atoms with Gasteiger partial charge in [0.1, 0.15) is 0 Å². The maximum Gasteiger partial charge on any atom is 0.211 e. The lowest BCUT2D eigenvalue weighted by molar-refractivity contribution is -0.304. The average Bonchev–Trinajstić information content (AvgIpc) is 2.18. The Morgan fingerprint density at radius 3 is 2.60 bits per heavy atom. The number of aliphatic carboxylic acids is 1. The molecule has 0 saturated heterocycles. The molecule has 1 aromatic rings. The molecule has 1 N–H and O–H groups in total. The Labute approximate surface area is 85.7 Å². The molecule has 0 radical (unpaired) electrons. The molecular formula is C10H8NO4-. The molecule has 0 aliphatic carbocycles. The summed E-state index contributed by atoms with van der Waals surface area (Å²) < 4.78 is 0. The molecular weight excluding hydrogens is 198 g/mol. The number of carbonyl (C=O) groups is 3. The van der Waals surface area contributed by atoms with Crippen LogP contribution in [-0.2, 0) is 9.59 Å². The van der Waals surface area contributed by atoms with Crippen molar-refractivity contribution in [2.75, 3.05) is 5.32 Å². The number of anilines is 1. The van der Waals surface area contributed by atoms with E-state index in [4.69, 9.17) is 0 Å². The molecule has 1 rings (SSSR count). The predicted octanol–water partition coefficient (Wildman–Crippen LogP) is -0.422. The number of amides is 1. The molecule has 0 aliphatic heterocycles. The molecule has 0 spiro atoms. The number of hydrogen-bond donors (Lipinski definition) is 1. The molecule has 1 amide bonds. The van der Waals surface area contributed by atoms with E-state index in [2.05, 4.69) is 5.32 Å². The van der Waals surface area contributed by atoms with Crippen LogP contribution < -0.4 is 10.4 Å². The molecule has 5 heteroatoms. The number of carbonyl (C=O) groups excluding carboxylic acids is 3. The van der Waals surface area contributed by atoms with Gasteiger partial charge in [-0.05, 0) is 12.1 Å². The van der Waals surface area contributed by atoms with Gasteiger partial charge in [-0.2, -0.15) is 0 Å². The Hall–Kier alpha value is -2.17. The number of hydrogen-bond acceptors (Lipinski definition) is 4. The van der Waals surface area contributed by atoms with Gasteiger partial charge in [-0.3, -0.25) is 9.59 Å². The highest BCUT2D eigenvalue weighted by Crippen LogP contribution is 2.15. The number of ketones is 1. The summed E-state index contributed by atoms with van der Waals surface area (Å²) in [6.07, 6.45) is -0.275. The molecule has 0 fully saturated rings. The number of benzene rings is 1. The third-order valence-electron chi connectivity index (χ3n) is 1.75. The summed E-state index contributed by atoms with van der Waals surface area (Å²) in [5.41, 5.74) is 0.451. The third-order valence-corrected chi connectivity index (χ3v) is 1.75. The van der Waals surface area contributed by atoms with Gasteiger partial charge in [-0.25, -0.2) is 0 Å². The normalized spacial score (nSPS) is 9.33. The van der Waals surface area contributed by atoms with E-state index in [0.717, 1.165) is 0 Å². The third kappa shape index (κ3) is 2.91. The first-order chi connectivity index (χ1) is 7.15. The summed E-state index contributed by atoms with van der Waals surface area (Å²) in [4.78, 5) is 31.8. The molecule has 78 valence electrons. The van der Waals surface area contributed by atoms with Crippen LogP contribution in [0.2, 0.25) is 0 Å². The van der Waals surface area contributed by atoms with Gasteiger partial charge >= 0.3 is 0 Å². The molecule has 0 aliphatic rings. The van der Waals surface area contributed by atoms with Crippen molar-refractivity contribution in [1.82, 2.24) is 0 Å². The number of para-hydroxylation sites is 1. The zero-order valence-electron chi connectivity index (χ0n) is 7.73. The average molecular weight is 206 g/mol. The van der Waals surface area contributed by atoms with Gasteiger partial charge in [0.25, 0.3) is 0 Å². The molecule has 5 nitrogen and oxygen atoms in total. The van der Waals surface area contributed by atoms with E-state index in [1.807, 2.05) is 0 Å². The van der Waals surface area contributed by atoms with E-state index in [-0.39, 0.29) is 5.56 Å². The maximum absolute atomic E-state index is 11.4. The molecule has 0 bridgehead atoms. The summed E-state index contributed by atoms with van der Waals surface area (Å²) in [6.45, 7) is 0. The quantitative estimate of drug-likeness (QED) is 0.402. The number of carboxylic acid groups (broad SMARTS) is 1. The van der Waals surface area contributed by atoms with E-state index in [9.17, 15) is 19.5 Å². The fraction of sp³-hybridized carbons (Fsp3) is 0.100. The van der Waals surface area contributed by atoms with Crippen molar-refractivity contribution < 1.29 is 19.5 Å². The Morgan fingerprint density at radius 1 is 1.33 bits per heavy atom. The minimum atomic E-state index is -1.44. The van der Waals surface area contributed by atoms with Crippen LogP contribution >= 0.6 is 0 Å². The molecule has 0 saturated carbocycles. The summed E-state index contributed by atoms with van der Waals surface area (Å²) in [5.74, 6) is -2.04. The highest BCUT2D eigenvalue weighted by molar-refractivity contribution is 6.09. The second kappa shape index (κ2) is 4.90. The van der Waals surface area contributed by atoms with Crippen molar-refractivity contribution in [2.24, 2.45) is 0 Å². The Kier molecular flexibility index (Phi) is 3.56. The lowest BCUT2D eigenvalue weighted by Crippen LogP contribution is -2.25. The van der Waals surface area contributed by atoms with Crippen LogP contribution in [-0.4, -0.2) is 18.2 Å². The van der Waals surface area contributed by atoms with Crippen molar-refractivity contribution in [3.05, 3.63) is 29.8 Å². The Balaban J connectivity index is 2.96. The molecule has 0 aromatic heterocycles. The highest BCUT2D eigenvalue weighted by Gasteiger charge is 2.10. The topological polar surface area (TPSA) is 86.3 Å². The molecule has 1 aromatic carbocycles. The monoisotopic (exact) mass is 206 g/mol. The van der Waals surface area contributed by atoms with Gasteiger partial charge in [0.2, 0.25) is 6.41 Å². The van der Waals surface area contributed by atoms with Crippen molar-refractivity contribution in [3.8, 4) is 0 Å². The predicted molar refractivity (Wildman–Crippen MR) is 50.1 cm³/mol. The second-order valence-corrected chi connectivity index (χ2v) is 2.78. The van der Waals surface area contributed by atoms with E-state index in [1.165, 1.54) is 12.1 Å². The van der Waals surface area contributed by atoms with E-state index < -0.39 is 18.2 Å². The first-order valence-electron chi connectivity index (χ1n) is 4.17. The first-order valence-corrected chi connectivity index (χ1v) is 4.17. The van der Waals surface area contributed by atoms with Gasteiger partial charge in [0.05, 0.1) is 12.1 Å². The fourth-order valence-corrected chi connectivity index (χ4v) is 1.14. The van der Waals surface area contributed by atoms with Gasteiger partial charge in [-0.15, -0.1) is 0 Å². The lowest BCUT2D eigenvalue weighted by Gasteiger charge is -2.07. The summed E-state index contributed by atoms with van der Waals surface area (Å²) in [5, 5.41) is 12.5. The fourth-order valence-electron chi connectivity index (χ4n) is 1.14. The molecule has 0 unspecified atom stereocenters. The standard InChI is InChI=1S/C10H9NO4/c12-6-11-8-4-2-1-3-7(8)9(13)5-10(14)15/h1-4,6H,5H2,(H,11,12)(H,14,15)/p-1. The summed E-state index contributed by atoms with van der Waals surface area (Å²) in [7, 11) is 0. The van der Waals surface area contributed by atoms with Crippen molar-refractivity contribution in [3.63, 3.8) is 0 Å². The van der Waals surface area contributed by atoms with Crippen LogP contribution in [0.1, 0.15) is 16.8 Å². The van der Waals surface area contributed by atoms with Crippen LogP contribution in [0, 0.1) is 0 Å². The van der Waals surface area contributed by atoms with Crippen LogP contribution in [0.5, 0.6) is 0 Å². The number of nitrogens with one attached hydrogen (secondary N) is 1. The van der Waals surface area contributed by atoms with Crippen molar-refractivity contribution >= 4 is 23.9 Å². The van der Waals surface area contributed by atoms with Crippen LogP contribution in [0.4, 0.5) is 5.69 Å². The molecule has 0 atom stereocenters.